The zero-order chi connectivity index (χ0) is 28.4. The maximum atomic E-state index is 13.7. The lowest BCUT2D eigenvalue weighted by molar-refractivity contribution is -0.137. The van der Waals surface area contributed by atoms with Crippen molar-refractivity contribution >= 4 is 28.4 Å². The molecule has 0 atom stereocenters. The quantitative estimate of drug-likeness (QED) is 0.210. The number of alkyl halides is 3. The van der Waals surface area contributed by atoms with Crippen molar-refractivity contribution in [2.24, 2.45) is 0 Å². The van der Waals surface area contributed by atoms with Crippen molar-refractivity contribution in [2.75, 3.05) is 5.32 Å². The third-order valence-electron chi connectivity index (χ3n) is 6.27. The van der Waals surface area contributed by atoms with Crippen molar-refractivity contribution in [1.29, 1.82) is 0 Å². The number of benzene rings is 3. The van der Waals surface area contributed by atoms with Crippen LogP contribution in [-0.4, -0.2) is 25.8 Å². The van der Waals surface area contributed by atoms with Crippen LogP contribution in [-0.2, 0) is 17.4 Å². The van der Waals surface area contributed by atoms with E-state index >= 15 is 0 Å². The second-order valence-corrected chi connectivity index (χ2v) is 8.91. The van der Waals surface area contributed by atoms with Crippen molar-refractivity contribution in [2.45, 2.75) is 12.6 Å². The predicted octanol–water partition coefficient (Wildman–Crippen LogP) is 5.75. The molecule has 0 saturated heterocycles. The van der Waals surface area contributed by atoms with Gasteiger partial charge in [-0.25, -0.2) is 4.79 Å². The van der Waals surface area contributed by atoms with E-state index in [0.29, 0.717) is 33.7 Å². The molecule has 1 amide bonds. The van der Waals surface area contributed by atoms with E-state index in [1.165, 1.54) is 33.4 Å². The smallest absolute Gasteiger partial charge is 0.322 e. The number of halogens is 3. The number of carbonyl (C=O) groups is 2. The number of nitrogens with zero attached hydrogens (tertiary/aromatic N) is 3. The highest BCUT2D eigenvalue weighted by Gasteiger charge is 2.30. The maximum Gasteiger partial charge on any atom is 0.416 e. The summed E-state index contributed by atoms with van der Waals surface area (Å²) in [4.78, 5) is 42.4. The van der Waals surface area contributed by atoms with E-state index in [2.05, 4.69) is 16.9 Å². The summed E-state index contributed by atoms with van der Waals surface area (Å²) in [5.74, 6) is -0.750. The second-order valence-electron chi connectivity index (χ2n) is 8.91. The first-order valence-corrected chi connectivity index (χ1v) is 12.1. The number of carbonyl (C=O) groups excluding carboxylic acids is 2. The monoisotopic (exact) mass is 542 g/mol. The fourth-order valence-corrected chi connectivity index (χ4v) is 4.40. The molecule has 2 aromatic heterocycles. The summed E-state index contributed by atoms with van der Waals surface area (Å²) >= 11 is 0. The summed E-state index contributed by atoms with van der Waals surface area (Å²) < 4.78 is 42.0. The van der Waals surface area contributed by atoms with Crippen LogP contribution in [0.4, 0.5) is 18.9 Å². The molecule has 1 N–H and O–H groups in total. The van der Waals surface area contributed by atoms with Crippen LogP contribution < -0.4 is 11.0 Å². The molecule has 5 aromatic rings. The summed E-state index contributed by atoms with van der Waals surface area (Å²) in [6, 6.07) is 19.4. The standard InChI is InChI=1S/C30H21F3N4O3/c1-2-28(39)35-22-7-4-8-24(17-22)37-25-13-14-34-18-26(25)36(29(37)40)23-11-9-20(10-12-23)27(38)16-19-5-3-6-21(15-19)30(31,32)33/h2-15,17-18H,1,16H2,(H,35,39). The minimum absolute atomic E-state index is 0.203. The Labute approximate surface area is 225 Å². The van der Waals surface area contributed by atoms with E-state index < -0.39 is 17.4 Å². The summed E-state index contributed by atoms with van der Waals surface area (Å²) in [6.45, 7) is 3.44. The van der Waals surface area contributed by atoms with E-state index in [4.69, 9.17) is 0 Å². The number of hydrogen-bond acceptors (Lipinski definition) is 4. The van der Waals surface area contributed by atoms with Gasteiger partial charge in [0.1, 0.15) is 0 Å². The molecule has 0 fully saturated rings. The average Bonchev–Trinajstić information content (AvgIpc) is 3.24. The summed E-state index contributed by atoms with van der Waals surface area (Å²) in [5.41, 5.74) is 1.86. The van der Waals surface area contributed by atoms with Gasteiger partial charge in [-0.1, -0.05) is 30.8 Å². The van der Waals surface area contributed by atoms with Gasteiger partial charge in [0.05, 0.1) is 34.2 Å². The zero-order valence-corrected chi connectivity index (χ0v) is 20.9. The number of nitrogens with one attached hydrogen (secondary N) is 1. The highest BCUT2D eigenvalue weighted by atomic mass is 19.4. The van der Waals surface area contributed by atoms with E-state index in [1.54, 1.807) is 54.9 Å². The minimum Gasteiger partial charge on any atom is -0.322 e. The highest BCUT2D eigenvalue weighted by molar-refractivity contribution is 5.99. The first kappa shape index (κ1) is 26.4. The number of anilines is 1. The predicted molar refractivity (Wildman–Crippen MR) is 145 cm³/mol. The van der Waals surface area contributed by atoms with Gasteiger partial charge in [0.25, 0.3) is 0 Å². The van der Waals surface area contributed by atoms with Crippen LogP contribution in [0.25, 0.3) is 22.4 Å². The topological polar surface area (TPSA) is 86.0 Å². The molecule has 7 nitrogen and oxygen atoms in total. The van der Waals surface area contributed by atoms with Gasteiger partial charge in [-0.3, -0.25) is 23.7 Å². The molecule has 0 aliphatic carbocycles. The molecule has 40 heavy (non-hydrogen) atoms. The van der Waals surface area contributed by atoms with E-state index in [1.807, 2.05) is 0 Å². The normalized spacial score (nSPS) is 11.4. The largest absolute Gasteiger partial charge is 0.416 e. The molecular weight excluding hydrogens is 521 g/mol. The Morgan fingerprint density at radius 2 is 1.62 bits per heavy atom. The fourth-order valence-electron chi connectivity index (χ4n) is 4.40. The van der Waals surface area contributed by atoms with Gasteiger partial charge in [0.2, 0.25) is 5.91 Å². The van der Waals surface area contributed by atoms with Crippen LogP contribution >= 0.6 is 0 Å². The van der Waals surface area contributed by atoms with E-state index in [0.717, 1.165) is 18.2 Å². The lowest BCUT2D eigenvalue weighted by Gasteiger charge is -2.09. The average molecular weight is 543 g/mol. The van der Waals surface area contributed by atoms with Crippen molar-refractivity contribution in [3.05, 3.63) is 131 Å². The Morgan fingerprint density at radius 1 is 0.900 bits per heavy atom. The number of ketones is 1. The number of Topliss-reactive ketones (excluding diaryl/α,β-unsaturated/α-hetero) is 1. The lowest BCUT2D eigenvalue weighted by Crippen LogP contribution is -2.22. The van der Waals surface area contributed by atoms with Gasteiger partial charge in [0.15, 0.2) is 5.78 Å². The molecule has 0 aliphatic heterocycles. The Bertz CT molecular complexity index is 1820. The van der Waals surface area contributed by atoms with Crippen molar-refractivity contribution < 1.29 is 22.8 Å². The third-order valence-corrected chi connectivity index (χ3v) is 6.27. The van der Waals surface area contributed by atoms with Crippen molar-refractivity contribution in [3.8, 4) is 11.4 Å². The molecule has 5 rings (SSSR count). The molecule has 0 bridgehead atoms. The number of aromatic nitrogens is 3. The zero-order valence-electron chi connectivity index (χ0n) is 20.9. The highest BCUT2D eigenvalue weighted by Crippen LogP contribution is 2.30. The van der Waals surface area contributed by atoms with Crippen LogP contribution in [0.5, 0.6) is 0 Å². The SMILES string of the molecule is C=CC(=O)Nc1cccc(-n2c(=O)n(-c3ccc(C(=O)Cc4cccc(C(F)(F)F)c4)cc3)c3cnccc32)c1. The van der Waals surface area contributed by atoms with Gasteiger partial charge in [-0.2, -0.15) is 13.2 Å². The molecule has 0 radical (unpaired) electrons. The van der Waals surface area contributed by atoms with Crippen molar-refractivity contribution in [3.63, 3.8) is 0 Å². The number of pyridine rings is 1. The van der Waals surface area contributed by atoms with Gasteiger partial charge in [-0.15, -0.1) is 0 Å². The second kappa shape index (κ2) is 10.5. The molecule has 0 saturated carbocycles. The number of rotatable bonds is 7. The van der Waals surface area contributed by atoms with Crippen LogP contribution in [0.2, 0.25) is 0 Å². The van der Waals surface area contributed by atoms with Crippen LogP contribution in [0.3, 0.4) is 0 Å². The molecular formula is C30H21F3N4O3. The third kappa shape index (κ3) is 5.19. The number of hydrogen-bond donors (Lipinski definition) is 1. The maximum absolute atomic E-state index is 13.7. The molecule has 0 spiro atoms. The van der Waals surface area contributed by atoms with Crippen LogP contribution in [0.1, 0.15) is 21.5 Å². The summed E-state index contributed by atoms with van der Waals surface area (Å²) in [7, 11) is 0. The minimum atomic E-state index is -4.50. The first-order valence-electron chi connectivity index (χ1n) is 12.1. The Kier molecular flexibility index (Phi) is 6.91. The Hall–Kier alpha value is -5.25. The van der Waals surface area contributed by atoms with E-state index in [9.17, 15) is 27.6 Å². The summed E-state index contributed by atoms with van der Waals surface area (Å²) in [5, 5.41) is 2.67. The summed E-state index contributed by atoms with van der Waals surface area (Å²) in [6.07, 6.45) is -0.455. The fraction of sp³-hybridized carbons (Fsp3) is 0.0667. The number of fused-ring (bicyclic) bond motifs is 1. The Morgan fingerprint density at radius 3 is 2.35 bits per heavy atom. The van der Waals surface area contributed by atoms with Crippen molar-refractivity contribution in [1.82, 2.24) is 14.1 Å². The molecule has 200 valence electrons. The molecule has 0 unspecified atom stereocenters. The first-order chi connectivity index (χ1) is 19.2. The Balaban J connectivity index is 1.48. The van der Waals surface area contributed by atoms with Crippen LogP contribution in [0.15, 0.2) is 109 Å². The van der Waals surface area contributed by atoms with Gasteiger partial charge < -0.3 is 5.32 Å². The van der Waals surface area contributed by atoms with Crippen LogP contribution in [0, 0.1) is 0 Å². The van der Waals surface area contributed by atoms with E-state index in [-0.39, 0.29) is 23.7 Å². The molecule has 0 aliphatic rings. The number of imidazole rings is 1. The van der Waals surface area contributed by atoms with Gasteiger partial charge in [-0.05, 0) is 66.2 Å². The lowest BCUT2D eigenvalue weighted by atomic mass is 10.0. The molecule has 10 heteroatoms. The van der Waals surface area contributed by atoms with Gasteiger partial charge in [0, 0.05) is 23.9 Å². The number of amides is 1. The van der Waals surface area contributed by atoms with Gasteiger partial charge >= 0.3 is 11.9 Å². The molecule has 2 heterocycles. The molecule has 3 aromatic carbocycles.